The van der Waals surface area contributed by atoms with Crippen LogP contribution in [-0.2, 0) is 15.1 Å². The van der Waals surface area contributed by atoms with Gasteiger partial charge in [-0.2, -0.15) is 0 Å². The van der Waals surface area contributed by atoms with E-state index in [0.29, 0.717) is 13.2 Å². The average molecular weight is 503 g/mol. The fraction of sp³-hybridized carbons (Fsp3) is 0.304. The van der Waals surface area contributed by atoms with Gasteiger partial charge >= 0.3 is 0 Å². The molecular weight excluding hydrogens is 483 g/mol. The highest BCUT2D eigenvalue weighted by atomic mass is 32.2. The van der Waals surface area contributed by atoms with Gasteiger partial charge in [0.1, 0.15) is 11.7 Å². The normalized spacial score (nSPS) is 16.7. The van der Waals surface area contributed by atoms with E-state index in [9.17, 15) is 27.1 Å². The van der Waals surface area contributed by atoms with Crippen molar-refractivity contribution in [1.29, 1.82) is 0 Å². The van der Waals surface area contributed by atoms with Crippen LogP contribution < -0.4 is 0 Å². The predicted octanol–water partition coefficient (Wildman–Crippen LogP) is 6.33. The van der Waals surface area contributed by atoms with Crippen LogP contribution in [0, 0.1) is 29.1 Å². The highest BCUT2D eigenvalue weighted by Crippen LogP contribution is 2.43. The van der Waals surface area contributed by atoms with Crippen LogP contribution in [0.5, 0.6) is 0 Å². The van der Waals surface area contributed by atoms with Crippen LogP contribution in [0.2, 0.25) is 0 Å². The maximum Gasteiger partial charge on any atom is 0.200 e. The van der Waals surface area contributed by atoms with Crippen LogP contribution >= 0.6 is 23.1 Å². The molecule has 33 heavy (non-hydrogen) atoms. The molecule has 1 aromatic heterocycles. The second-order valence-corrected chi connectivity index (χ2v) is 9.94. The third-order valence-corrected chi connectivity index (χ3v) is 8.06. The van der Waals surface area contributed by atoms with Crippen molar-refractivity contribution in [1.82, 2.24) is 0 Å². The Balaban J connectivity index is 1.53. The van der Waals surface area contributed by atoms with Crippen LogP contribution in [0.1, 0.15) is 34.9 Å². The van der Waals surface area contributed by atoms with Crippen molar-refractivity contribution in [3.8, 4) is 0 Å². The maximum absolute atomic E-state index is 14.0. The van der Waals surface area contributed by atoms with Gasteiger partial charge in [0.05, 0.1) is 9.77 Å². The quantitative estimate of drug-likeness (QED) is 0.243. The first-order valence-electron chi connectivity index (χ1n) is 9.98. The molecule has 1 saturated heterocycles. The standard InChI is InChI=1S/C23H19F5O3S2/c1-30-23(8-10-31-11-9-23)14-6-7-15(33-14)32-13-4-2-12(3-5-13)22(29)16-17(24)19(26)21(28)20(27)18(16)25/h2-7,22,29H,8-11H2,1H3. The van der Waals surface area contributed by atoms with Crippen molar-refractivity contribution in [2.45, 2.75) is 33.7 Å². The lowest BCUT2D eigenvalue weighted by atomic mass is 9.92. The molecule has 0 radical (unpaired) electrons. The van der Waals surface area contributed by atoms with E-state index in [1.165, 1.54) is 23.9 Å². The predicted molar refractivity (Wildman–Crippen MR) is 114 cm³/mol. The molecule has 3 nitrogen and oxygen atoms in total. The molecule has 1 N–H and O–H groups in total. The summed E-state index contributed by atoms with van der Waals surface area (Å²) in [5, 5.41) is 10.3. The monoisotopic (exact) mass is 502 g/mol. The van der Waals surface area contributed by atoms with E-state index < -0.39 is 40.8 Å². The van der Waals surface area contributed by atoms with Crippen LogP contribution in [0.4, 0.5) is 22.0 Å². The number of aliphatic hydroxyl groups excluding tert-OH is 1. The lowest BCUT2D eigenvalue weighted by molar-refractivity contribution is -0.0925. The molecule has 1 unspecified atom stereocenters. The summed E-state index contributed by atoms with van der Waals surface area (Å²) < 4.78 is 80.5. The summed E-state index contributed by atoms with van der Waals surface area (Å²) in [7, 11) is 1.69. The molecule has 1 fully saturated rings. The van der Waals surface area contributed by atoms with E-state index >= 15 is 0 Å². The number of methoxy groups -OCH3 is 1. The molecule has 2 aromatic carbocycles. The summed E-state index contributed by atoms with van der Waals surface area (Å²) in [5.74, 6) is -10.6. The lowest BCUT2D eigenvalue weighted by Gasteiger charge is -2.35. The highest BCUT2D eigenvalue weighted by molar-refractivity contribution is 8.01. The van der Waals surface area contributed by atoms with E-state index in [1.807, 2.05) is 12.1 Å². The summed E-state index contributed by atoms with van der Waals surface area (Å²) in [6, 6.07) is 9.97. The molecule has 10 heteroatoms. The van der Waals surface area contributed by atoms with Crippen molar-refractivity contribution in [2.24, 2.45) is 0 Å². The SMILES string of the molecule is COC1(c2ccc(Sc3ccc(C(O)c4c(F)c(F)c(F)c(F)c4F)cc3)s2)CCOCC1. The number of hydrogen-bond donors (Lipinski definition) is 1. The van der Waals surface area contributed by atoms with E-state index in [0.717, 1.165) is 26.8 Å². The summed E-state index contributed by atoms with van der Waals surface area (Å²) in [6.45, 7) is 1.25. The van der Waals surface area contributed by atoms with E-state index in [-0.39, 0.29) is 11.2 Å². The number of halogens is 5. The minimum atomic E-state index is -2.26. The highest BCUT2D eigenvalue weighted by Gasteiger charge is 2.36. The molecule has 0 bridgehead atoms. The van der Waals surface area contributed by atoms with Gasteiger partial charge in [0.2, 0.25) is 5.82 Å². The fourth-order valence-electron chi connectivity index (χ4n) is 3.74. The van der Waals surface area contributed by atoms with Crippen LogP contribution in [0.25, 0.3) is 0 Å². The zero-order chi connectivity index (χ0) is 23.8. The molecule has 3 aromatic rings. The molecule has 176 valence electrons. The smallest absolute Gasteiger partial charge is 0.200 e. The third-order valence-electron chi connectivity index (χ3n) is 5.65. The Morgan fingerprint density at radius 1 is 0.909 bits per heavy atom. The average Bonchev–Trinajstić information content (AvgIpc) is 3.31. The number of hydrogen-bond acceptors (Lipinski definition) is 5. The Labute approximate surface area is 195 Å². The fourth-order valence-corrected chi connectivity index (χ4v) is 6.06. The second-order valence-electron chi connectivity index (χ2n) is 7.49. The molecule has 0 amide bonds. The zero-order valence-corrected chi connectivity index (χ0v) is 19.0. The summed E-state index contributed by atoms with van der Waals surface area (Å²) in [6.07, 6.45) is -0.492. The van der Waals surface area contributed by atoms with Crippen molar-refractivity contribution in [2.75, 3.05) is 20.3 Å². The number of rotatable bonds is 6. The minimum Gasteiger partial charge on any atom is -0.383 e. The topological polar surface area (TPSA) is 38.7 Å². The van der Waals surface area contributed by atoms with Gasteiger partial charge in [0.15, 0.2) is 23.3 Å². The molecular formula is C23H19F5O3S2. The first-order valence-corrected chi connectivity index (χ1v) is 11.6. The summed E-state index contributed by atoms with van der Waals surface area (Å²) in [4.78, 5) is 1.87. The molecule has 1 atom stereocenters. The van der Waals surface area contributed by atoms with E-state index in [2.05, 4.69) is 0 Å². The van der Waals surface area contributed by atoms with Gasteiger partial charge in [-0.15, -0.1) is 11.3 Å². The molecule has 2 heterocycles. The van der Waals surface area contributed by atoms with Crippen LogP contribution in [0.15, 0.2) is 45.5 Å². The third kappa shape index (κ3) is 4.54. The number of aliphatic hydroxyl groups is 1. The molecule has 4 rings (SSSR count). The van der Waals surface area contributed by atoms with Gasteiger partial charge in [-0.1, -0.05) is 23.9 Å². The molecule has 0 spiro atoms. The van der Waals surface area contributed by atoms with Gasteiger partial charge in [0.25, 0.3) is 0 Å². The Bertz CT molecular complexity index is 1110. The van der Waals surface area contributed by atoms with Crippen molar-refractivity contribution in [3.63, 3.8) is 0 Å². The van der Waals surface area contributed by atoms with Gasteiger partial charge in [-0.05, 0) is 29.8 Å². The molecule has 0 saturated carbocycles. The lowest BCUT2D eigenvalue weighted by Crippen LogP contribution is -2.34. The minimum absolute atomic E-state index is 0.00466. The zero-order valence-electron chi connectivity index (χ0n) is 17.3. The van der Waals surface area contributed by atoms with E-state index in [4.69, 9.17) is 9.47 Å². The molecule has 1 aliphatic rings. The van der Waals surface area contributed by atoms with Crippen molar-refractivity contribution < 1.29 is 36.5 Å². The van der Waals surface area contributed by atoms with Gasteiger partial charge in [0, 0.05) is 42.9 Å². The summed E-state index contributed by atoms with van der Waals surface area (Å²) >= 11 is 3.03. The maximum atomic E-state index is 14.0. The van der Waals surface area contributed by atoms with Crippen LogP contribution in [0.3, 0.4) is 0 Å². The Morgan fingerprint density at radius 2 is 1.48 bits per heavy atom. The largest absolute Gasteiger partial charge is 0.383 e. The van der Waals surface area contributed by atoms with Gasteiger partial charge < -0.3 is 14.6 Å². The van der Waals surface area contributed by atoms with Crippen molar-refractivity contribution >= 4 is 23.1 Å². The first-order chi connectivity index (χ1) is 15.8. The first kappa shape index (κ1) is 24.2. The Hall–Kier alpha value is -1.98. The van der Waals surface area contributed by atoms with Crippen LogP contribution in [-0.4, -0.2) is 25.4 Å². The number of ether oxygens (including phenoxy) is 2. The number of benzene rings is 2. The van der Waals surface area contributed by atoms with E-state index in [1.54, 1.807) is 30.6 Å². The second kappa shape index (κ2) is 9.71. The Morgan fingerprint density at radius 3 is 2.06 bits per heavy atom. The number of thiophene rings is 1. The van der Waals surface area contributed by atoms with Crippen molar-refractivity contribution in [3.05, 3.63) is 81.5 Å². The molecule has 0 aliphatic carbocycles. The summed E-state index contributed by atoms with van der Waals surface area (Å²) in [5.41, 5.74) is -1.66. The van der Waals surface area contributed by atoms with Gasteiger partial charge in [-0.3, -0.25) is 0 Å². The Kier molecular flexibility index (Phi) is 7.11. The van der Waals surface area contributed by atoms with Gasteiger partial charge in [-0.25, -0.2) is 22.0 Å². The molecule has 1 aliphatic heterocycles.